The maximum Gasteiger partial charge on any atom is 0.353 e. The Bertz CT molecular complexity index is 1030. The summed E-state index contributed by atoms with van der Waals surface area (Å²) in [7, 11) is 0. The second-order valence-electron chi connectivity index (χ2n) is 6.82. The molecule has 0 saturated carbocycles. The number of nitrogens with zero attached hydrogens (tertiary/aromatic N) is 6. The molecule has 4 rings (SSSR count). The molecule has 0 radical (unpaired) electrons. The Kier molecular flexibility index (Phi) is 5.89. The number of rotatable bonds is 6. The van der Waals surface area contributed by atoms with Gasteiger partial charge in [0.15, 0.2) is 0 Å². The molecule has 30 heavy (non-hydrogen) atoms. The highest BCUT2D eigenvalue weighted by molar-refractivity contribution is 6.30. The molecule has 0 unspecified atom stereocenters. The largest absolute Gasteiger partial charge is 0.368 e. The van der Waals surface area contributed by atoms with Crippen LogP contribution in [0.25, 0.3) is 0 Å². The van der Waals surface area contributed by atoms with Gasteiger partial charge >= 0.3 is 5.69 Å². The lowest BCUT2D eigenvalue weighted by molar-refractivity contribution is -0.383. The van der Waals surface area contributed by atoms with Gasteiger partial charge in [0.25, 0.3) is 0 Å². The molecule has 3 heterocycles. The van der Waals surface area contributed by atoms with E-state index in [4.69, 9.17) is 11.6 Å². The first-order valence-corrected chi connectivity index (χ1v) is 9.87. The van der Waals surface area contributed by atoms with Crippen LogP contribution in [0.2, 0.25) is 5.02 Å². The van der Waals surface area contributed by atoms with E-state index in [-0.39, 0.29) is 11.5 Å². The van der Waals surface area contributed by atoms with E-state index in [1.54, 1.807) is 12.4 Å². The summed E-state index contributed by atoms with van der Waals surface area (Å²) in [6, 6.07) is 11.4. The molecule has 1 N–H and O–H groups in total. The van der Waals surface area contributed by atoms with Gasteiger partial charge in [-0.15, -0.1) is 0 Å². The summed E-state index contributed by atoms with van der Waals surface area (Å²) in [6.07, 6.45) is 4.74. The summed E-state index contributed by atoms with van der Waals surface area (Å²) < 4.78 is 0. The molecule has 0 amide bonds. The van der Waals surface area contributed by atoms with Gasteiger partial charge in [0.2, 0.25) is 11.6 Å². The van der Waals surface area contributed by atoms with Gasteiger partial charge in [-0.25, -0.2) is 9.97 Å². The zero-order valence-corrected chi connectivity index (χ0v) is 16.9. The SMILES string of the molecule is O=[N+]([O-])c1c(NCc2cccnc2)ncnc1N1CCN(c2cccc(Cl)c2)CC1. The molecule has 1 aromatic carbocycles. The molecule has 0 bridgehead atoms. The molecule has 0 aliphatic carbocycles. The van der Waals surface area contributed by atoms with Crippen molar-refractivity contribution in [3.63, 3.8) is 0 Å². The predicted octanol–water partition coefficient (Wildman–Crippen LogP) is 3.37. The van der Waals surface area contributed by atoms with Crippen LogP contribution in [-0.2, 0) is 6.54 Å². The standard InChI is InChI=1S/C20H20ClN7O2/c21-16-4-1-5-17(11-16)26-7-9-27(10-8-26)20-18(28(29)30)19(24-14-25-20)23-13-15-3-2-6-22-12-15/h1-6,11-12,14H,7-10,13H2,(H,23,24,25). The van der Waals surface area contributed by atoms with Crippen LogP contribution < -0.4 is 15.1 Å². The number of halogens is 1. The molecule has 10 heteroatoms. The average molecular weight is 426 g/mol. The normalized spacial score (nSPS) is 13.9. The lowest BCUT2D eigenvalue weighted by Gasteiger charge is -2.36. The third kappa shape index (κ3) is 4.41. The molecule has 9 nitrogen and oxygen atoms in total. The fourth-order valence-electron chi connectivity index (χ4n) is 3.44. The summed E-state index contributed by atoms with van der Waals surface area (Å²) in [5, 5.41) is 15.6. The van der Waals surface area contributed by atoms with Crippen molar-refractivity contribution >= 4 is 34.6 Å². The van der Waals surface area contributed by atoms with E-state index < -0.39 is 4.92 Å². The van der Waals surface area contributed by atoms with E-state index in [1.807, 2.05) is 41.3 Å². The molecule has 1 saturated heterocycles. The van der Waals surface area contributed by atoms with E-state index in [2.05, 4.69) is 25.2 Å². The number of hydrogen-bond acceptors (Lipinski definition) is 8. The fraction of sp³-hybridized carbons (Fsp3) is 0.250. The van der Waals surface area contributed by atoms with Gasteiger partial charge in [-0.2, -0.15) is 0 Å². The van der Waals surface area contributed by atoms with E-state index in [0.29, 0.717) is 43.6 Å². The van der Waals surface area contributed by atoms with Crippen LogP contribution in [0.5, 0.6) is 0 Å². The fourth-order valence-corrected chi connectivity index (χ4v) is 3.62. The van der Waals surface area contributed by atoms with Gasteiger partial charge in [0.05, 0.1) is 4.92 Å². The van der Waals surface area contributed by atoms with E-state index >= 15 is 0 Å². The minimum absolute atomic E-state index is 0.113. The maximum absolute atomic E-state index is 11.8. The van der Waals surface area contributed by atoms with Crippen molar-refractivity contribution in [1.82, 2.24) is 15.0 Å². The number of pyridine rings is 1. The van der Waals surface area contributed by atoms with Gasteiger partial charge in [0.1, 0.15) is 6.33 Å². The van der Waals surface area contributed by atoms with Gasteiger partial charge in [-0.05, 0) is 29.8 Å². The molecular weight excluding hydrogens is 406 g/mol. The van der Waals surface area contributed by atoms with Gasteiger partial charge in [0, 0.05) is 55.8 Å². The topological polar surface area (TPSA) is 100 Å². The van der Waals surface area contributed by atoms with Crippen molar-refractivity contribution in [1.29, 1.82) is 0 Å². The van der Waals surface area contributed by atoms with Crippen molar-refractivity contribution in [2.45, 2.75) is 6.54 Å². The molecule has 0 spiro atoms. The number of benzene rings is 1. The smallest absolute Gasteiger partial charge is 0.353 e. The number of hydrogen-bond donors (Lipinski definition) is 1. The van der Waals surface area contributed by atoms with Crippen LogP contribution in [0.1, 0.15) is 5.56 Å². The first kappa shape index (κ1) is 19.8. The van der Waals surface area contributed by atoms with Crippen molar-refractivity contribution < 1.29 is 4.92 Å². The zero-order chi connectivity index (χ0) is 20.9. The van der Waals surface area contributed by atoms with E-state index in [1.165, 1.54) is 6.33 Å². The quantitative estimate of drug-likeness (QED) is 0.474. The average Bonchev–Trinajstić information content (AvgIpc) is 2.78. The molecule has 0 atom stereocenters. The summed E-state index contributed by atoms with van der Waals surface area (Å²) in [4.78, 5) is 27.9. The first-order valence-electron chi connectivity index (χ1n) is 9.49. The Morgan fingerprint density at radius 2 is 1.90 bits per heavy atom. The Morgan fingerprint density at radius 3 is 2.60 bits per heavy atom. The van der Waals surface area contributed by atoms with Crippen LogP contribution in [-0.4, -0.2) is 46.1 Å². The number of nitro groups is 1. The number of aromatic nitrogens is 3. The molecule has 1 aliphatic rings. The van der Waals surface area contributed by atoms with Crippen molar-refractivity contribution in [2.24, 2.45) is 0 Å². The van der Waals surface area contributed by atoms with Gasteiger partial charge < -0.3 is 15.1 Å². The highest BCUT2D eigenvalue weighted by atomic mass is 35.5. The summed E-state index contributed by atoms with van der Waals surface area (Å²) in [5.41, 5.74) is 1.83. The molecule has 154 valence electrons. The number of nitrogens with one attached hydrogen (secondary N) is 1. The van der Waals surface area contributed by atoms with Crippen molar-refractivity contribution in [3.8, 4) is 0 Å². The summed E-state index contributed by atoms with van der Waals surface area (Å²) in [6.45, 7) is 3.01. The zero-order valence-electron chi connectivity index (χ0n) is 16.1. The highest BCUT2D eigenvalue weighted by Crippen LogP contribution is 2.33. The Hall–Kier alpha value is -3.46. The minimum Gasteiger partial charge on any atom is -0.368 e. The highest BCUT2D eigenvalue weighted by Gasteiger charge is 2.29. The van der Waals surface area contributed by atoms with Crippen LogP contribution in [0.15, 0.2) is 55.1 Å². The molecule has 1 fully saturated rings. The molecule has 1 aliphatic heterocycles. The van der Waals surface area contributed by atoms with Crippen LogP contribution in [0, 0.1) is 10.1 Å². The predicted molar refractivity (Wildman–Crippen MR) is 116 cm³/mol. The second kappa shape index (κ2) is 8.91. The summed E-state index contributed by atoms with van der Waals surface area (Å²) in [5.74, 6) is 0.528. The third-order valence-electron chi connectivity index (χ3n) is 4.92. The van der Waals surface area contributed by atoms with Gasteiger partial charge in [-0.3, -0.25) is 15.1 Å². The van der Waals surface area contributed by atoms with Crippen LogP contribution in [0.3, 0.4) is 0 Å². The minimum atomic E-state index is -0.426. The lowest BCUT2D eigenvalue weighted by atomic mass is 10.2. The van der Waals surface area contributed by atoms with Crippen LogP contribution >= 0.6 is 11.6 Å². The van der Waals surface area contributed by atoms with Crippen LogP contribution in [0.4, 0.5) is 23.0 Å². The van der Waals surface area contributed by atoms with E-state index in [9.17, 15) is 10.1 Å². The molecular formula is C20H20ClN7O2. The third-order valence-corrected chi connectivity index (χ3v) is 5.16. The lowest BCUT2D eigenvalue weighted by Crippen LogP contribution is -2.47. The van der Waals surface area contributed by atoms with E-state index in [0.717, 1.165) is 11.3 Å². The summed E-state index contributed by atoms with van der Waals surface area (Å²) >= 11 is 6.10. The maximum atomic E-state index is 11.8. The van der Waals surface area contributed by atoms with Gasteiger partial charge in [-0.1, -0.05) is 23.7 Å². The number of anilines is 3. The molecule has 2 aromatic heterocycles. The monoisotopic (exact) mass is 425 g/mol. The number of piperazine rings is 1. The first-order chi connectivity index (χ1) is 14.6. The molecule has 3 aromatic rings. The Labute approximate surface area is 178 Å². The second-order valence-corrected chi connectivity index (χ2v) is 7.26. The Morgan fingerprint density at radius 1 is 1.10 bits per heavy atom. The van der Waals surface area contributed by atoms with Crippen molar-refractivity contribution in [3.05, 3.63) is 75.8 Å². The van der Waals surface area contributed by atoms with Crippen molar-refractivity contribution in [2.75, 3.05) is 41.3 Å². The Balaban J connectivity index is 1.50.